The largest absolute Gasteiger partial charge is 0.357 e. The molecule has 0 bridgehead atoms. The smallest absolute Gasteiger partial charge is 0.223 e. The van der Waals surface area contributed by atoms with E-state index in [0.717, 1.165) is 12.2 Å². The zero-order chi connectivity index (χ0) is 16.7. The number of guanidine groups is 1. The highest BCUT2D eigenvalue weighted by atomic mass is 127. The van der Waals surface area contributed by atoms with Crippen LogP contribution < -0.4 is 10.6 Å². The first kappa shape index (κ1) is 22.3. The van der Waals surface area contributed by atoms with E-state index < -0.39 is 0 Å². The normalized spacial score (nSPS) is 11.0. The predicted octanol–water partition coefficient (Wildman–Crippen LogP) is 2.48. The predicted molar refractivity (Wildman–Crippen MR) is 107 cm³/mol. The van der Waals surface area contributed by atoms with Gasteiger partial charge >= 0.3 is 0 Å². The monoisotopic (exact) mass is 475 g/mol. The maximum Gasteiger partial charge on any atom is 0.223 e. The van der Waals surface area contributed by atoms with Gasteiger partial charge in [0.05, 0.1) is 11.6 Å². The molecule has 0 spiro atoms. The molecule has 9 heteroatoms. The van der Waals surface area contributed by atoms with Crippen molar-refractivity contribution in [3.05, 3.63) is 21.9 Å². The van der Waals surface area contributed by atoms with Gasteiger partial charge in [0.1, 0.15) is 5.15 Å². The Morgan fingerprint density at radius 2 is 2.00 bits per heavy atom. The molecule has 2 N–H and O–H groups in total. The first-order chi connectivity index (χ1) is 10.4. The van der Waals surface area contributed by atoms with Gasteiger partial charge in [-0.2, -0.15) is 0 Å². The number of hydrogen-bond donors (Lipinski definition) is 2. The van der Waals surface area contributed by atoms with Crippen molar-refractivity contribution in [2.75, 3.05) is 27.2 Å². The molecule has 0 fully saturated rings. The van der Waals surface area contributed by atoms with Crippen molar-refractivity contribution in [3.63, 3.8) is 0 Å². The van der Waals surface area contributed by atoms with Crippen LogP contribution in [0.3, 0.4) is 0 Å². The van der Waals surface area contributed by atoms with E-state index in [1.807, 2.05) is 14.0 Å². The lowest BCUT2D eigenvalue weighted by atomic mass is 10.4. The Labute approximate surface area is 164 Å². The Kier molecular flexibility index (Phi) is 10.7. The number of carbonyl (C=O) groups excluding carboxylic acids is 1. The summed E-state index contributed by atoms with van der Waals surface area (Å²) >= 11 is 12.0. The zero-order valence-corrected chi connectivity index (χ0v) is 17.7. The third-order valence-corrected chi connectivity index (χ3v) is 3.93. The Balaban J connectivity index is 0.00000484. The molecule has 1 aromatic rings. The number of halogens is 3. The third kappa shape index (κ3) is 7.17. The molecule has 0 aromatic carbocycles. The number of aromatic nitrogens is 1. The second-order valence-electron chi connectivity index (χ2n) is 4.99. The van der Waals surface area contributed by atoms with Crippen LogP contribution in [0.2, 0.25) is 10.2 Å². The maximum atomic E-state index is 11.5. The van der Waals surface area contributed by atoms with Gasteiger partial charge in [-0.1, -0.05) is 23.2 Å². The summed E-state index contributed by atoms with van der Waals surface area (Å²) in [7, 11) is 5.32. The number of nitrogens with one attached hydrogen (secondary N) is 2. The van der Waals surface area contributed by atoms with E-state index in [-0.39, 0.29) is 29.9 Å². The van der Waals surface area contributed by atoms with E-state index in [2.05, 4.69) is 15.6 Å². The van der Waals surface area contributed by atoms with Crippen molar-refractivity contribution >= 4 is 59.0 Å². The Hall–Kier alpha value is -0.670. The highest BCUT2D eigenvalue weighted by Gasteiger charge is 2.09. The molecule has 0 aliphatic rings. The molecule has 0 aliphatic heterocycles. The highest BCUT2D eigenvalue weighted by Crippen LogP contribution is 2.25. The Bertz CT molecular complexity index is 546. The van der Waals surface area contributed by atoms with Crippen LogP contribution in [0.5, 0.6) is 0 Å². The first-order valence-electron chi connectivity index (χ1n) is 7.08. The van der Waals surface area contributed by atoms with Crippen LogP contribution in [-0.4, -0.2) is 48.5 Å². The van der Waals surface area contributed by atoms with Crippen molar-refractivity contribution in [1.29, 1.82) is 0 Å². The minimum Gasteiger partial charge on any atom is -0.357 e. The fourth-order valence-corrected chi connectivity index (χ4v) is 2.17. The lowest BCUT2D eigenvalue weighted by Gasteiger charge is -2.13. The number of nitrogens with zero attached hydrogens (tertiary/aromatic N) is 3. The van der Waals surface area contributed by atoms with Gasteiger partial charge in [-0.25, -0.2) is 4.99 Å². The minimum atomic E-state index is 0. The summed E-state index contributed by atoms with van der Waals surface area (Å²) in [5, 5.41) is 7.29. The van der Waals surface area contributed by atoms with Crippen LogP contribution in [0.1, 0.15) is 19.0 Å². The van der Waals surface area contributed by atoms with E-state index in [0.29, 0.717) is 35.6 Å². The molecule has 0 saturated carbocycles. The van der Waals surface area contributed by atoms with Gasteiger partial charge in [0.15, 0.2) is 5.96 Å². The van der Waals surface area contributed by atoms with Crippen molar-refractivity contribution in [2.45, 2.75) is 19.9 Å². The highest BCUT2D eigenvalue weighted by molar-refractivity contribution is 14.0. The number of carbonyl (C=O) groups is 1. The van der Waals surface area contributed by atoms with Crippen molar-refractivity contribution in [2.24, 2.45) is 12.0 Å². The Morgan fingerprint density at radius 3 is 2.48 bits per heavy atom. The number of rotatable bonds is 6. The molecule has 0 unspecified atom stereocenters. The molecule has 1 aromatic heterocycles. The lowest BCUT2D eigenvalue weighted by molar-refractivity contribution is -0.128. The fraction of sp³-hybridized carbons (Fsp3) is 0.571. The molecule has 0 radical (unpaired) electrons. The standard InChI is InChI=1S/C14H23Cl2N5O.HI/c1-5-17-14(18-7-6-12(22)20(2)3)19-9-10-8-11(15)13(16)21(10)4;/h8H,5-7,9H2,1-4H3,(H2,17,18,19);1H. The van der Waals surface area contributed by atoms with Crippen LogP contribution in [0.4, 0.5) is 0 Å². The van der Waals surface area contributed by atoms with Gasteiger partial charge in [0.25, 0.3) is 0 Å². The van der Waals surface area contributed by atoms with Gasteiger partial charge in [-0.15, -0.1) is 24.0 Å². The molecule has 1 amide bonds. The fourth-order valence-electron chi connectivity index (χ4n) is 1.75. The quantitative estimate of drug-likeness (QED) is 0.377. The molecule has 0 atom stereocenters. The summed E-state index contributed by atoms with van der Waals surface area (Å²) in [5.41, 5.74) is 0.913. The number of aliphatic imine (C=N–C) groups is 1. The summed E-state index contributed by atoms with van der Waals surface area (Å²) in [6, 6.07) is 1.80. The van der Waals surface area contributed by atoms with E-state index in [9.17, 15) is 4.79 Å². The molecule has 132 valence electrons. The van der Waals surface area contributed by atoms with E-state index in [1.54, 1.807) is 29.6 Å². The molecule has 0 aliphatic carbocycles. The minimum absolute atomic E-state index is 0. The van der Waals surface area contributed by atoms with Gasteiger partial charge in [0.2, 0.25) is 5.91 Å². The second kappa shape index (κ2) is 11.0. The molecular formula is C14H24Cl2IN5O. The molecule has 23 heavy (non-hydrogen) atoms. The van der Waals surface area contributed by atoms with Crippen LogP contribution >= 0.6 is 47.2 Å². The van der Waals surface area contributed by atoms with Gasteiger partial charge in [-0.3, -0.25) is 4.79 Å². The van der Waals surface area contributed by atoms with Crippen LogP contribution in [0.25, 0.3) is 0 Å². The van der Waals surface area contributed by atoms with Crippen LogP contribution in [0.15, 0.2) is 11.1 Å². The summed E-state index contributed by atoms with van der Waals surface area (Å²) in [6.07, 6.45) is 0.416. The topological polar surface area (TPSA) is 61.7 Å². The van der Waals surface area contributed by atoms with Crippen molar-refractivity contribution in [3.8, 4) is 0 Å². The van der Waals surface area contributed by atoms with E-state index in [1.165, 1.54) is 0 Å². The van der Waals surface area contributed by atoms with Gasteiger partial charge in [0, 0.05) is 46.3 Å². The summed E-state index contributed by atoms with van der Waals surface area (Å²) in [5.74, 6) is 0.729. The molecule has 6 nitrogen and oxygen atoms in total. The SMILES string of the molecule is CCNC(=NCc1cc(Cl)c(Cl)n1C)NCCC(=O)N(C)C.I. The van der Waals surface area contributed by atoms with Crippen molar-refractivity contribution < 1.29 is 4.79 Å². The zero-order valence-electron chi connectivity index (χ0n) is 13.8. The summed E-state index contributed by atoms with van der Waals surface area (Å²) < 4.78 is 1.80. The number of hydrogen-bond acceptors (Lipinski definition) is 2. The van der Waals surface area contributed by atoms with Crippen LogP contribution in [0, 0.1) is 0 Å². The second-order valence-corrected chi connectivity index (χ2v) is 5.76. The summed E-state index contributed by atoms with van der Waals surface area (Å²) in [4.78, 5) is 17.6. The maximum absolute atomic E-state index is 11.5. The average molecular weight is 476 g/mol. The molecule has 1 heterocycles. The lowest BCUT2D eigenvalue weighted by Crippen LogP contribution is -2.39. The molecular weight excluding hydrogens is 452 g/mol. The summed E-state index contributed by atoms with van der Waals surface area (Å²) in [6.45, 7) is 3.69. The van der Waals surface area contributed by atoms with Crippen LogP contribution in [-0.2, 0) is 18.4 Å². The Morgan fingerprint density at radius 1 is 1.35 bits per heavy atom. The van der Waals surface area contributed by atoms with Gasteiger partial charge in [-0.05, 0) is 13.0 Å². The van der Waals surface area contributed by atoms with Gasteiger partial charge < -0.3 is 20.1 Å². The molecule has 0 saturated heterocycles. The number of amides is 1. The third-order valence-electron chi connectivity index (χ3n) is 3.09. The molecule has 1 rings (SSSR count). The average Bonchev–Trinajstić information content (AvgIpc) is 2.71. The van der Waals surface area contributed by atoms with Crippen molar-refractivity contribution in [1.82, 2.24) is 20.1 Å². The first-order valence-corrected chi connectivity index (χ1v) is 7.84. The van der Waals surface area contributed by atoms with E-state index in [4.69, 9.17) is 23.2 Å². The van der Waals surface area contributed by atoms with E-state index >= 15 is 0 Å².